The van der Waals surface area contributed by atoms with Crippen LogP contribution in [0.5, 0.6) is 0 Å². The van der Waals surface area contributed by atoms with Crippen molar-refractivity contribution in [3.63, 3.8) is 0 Å². The van der Waals surface area contributed by atoms with E-state index in [-0.39, 0.29) is 0 Å². The Bertz CT molecular complexity index is 573. The molecule has 92 valence electrons. The third kappa shape index (κ3) is 2.49. The van der Waals surface area contributed by atoms with Gasteiger partial charge in [0.1, 0.15) is 10.8 Å². The fourth-order valence-electron chi connectivity index (χ4n) is 1.83. The lowest BCUT2D eigenvalue weighted by atomic mass is 10.1. The molecular formula is C14H15N3S. The average molecular weight is 257 g/mol. The first-order valence-electron chi connectivity index (χ1n) is 5.67. The summed E-state index contributed by atoms with van der Waals surface area (Å²) in [5.74, 6) is 0.697. The first-order chi connectivity index (χ1) is 8.59. The Morgan fingerprint density at radius 2 is 1.83 bits per heavy atom. The van der Waals surface area contributed by atoms with Crippen molar-refractivity contribution in [1.82, 2.24) is 4.98 Å². The number of nitrogens with zero attached hydrogens (tertiary/aromatic N) is 1. The highest BCUT2D eigenvalue weighted by Crippen LogP contribution is 2.24. The fraction of sp³-hybridized carbons (Fsp3) is 0.143. The molecule has 0 spiro atoms. The summed E-state index contributed by atoms with van der Waals surface area (Å²) in [4.78, 5) is 4.64. The van der Waals surface area contributed by atoms with E-state index in [9.17, 15) is 0 Å². The summed E-state index contributed by atoms with van der Waals surface area (Å²) in [5.41, 5.74) is 9.83. The van der Waals surface area contributed by atoms with Gasteiger partial charge in [0.15, 0.2) is 0 Å². The van der Waals surface area contributed by atoms with Crippen LogP contribution in [-0.4, -0.2) is 9.97 Å². The van der Waals surface area contributed by atoms with E-state index in [1.165, 1.54) is 0 Å². The normalized spacial score (nSPS) is 10.1. The van der Waals surface area contributed by atoms with Gasteiger partial charge in [-0.2, -0.15) is 0 Å². The highest BCUT2D eigenvalue weighted by Gasteiger charge is 2.08. The van der Waals surface area contributed by atoms with Gasteiger partial charge < -0.3 is 11.1 Å². The number of hydrogen-bond acceptors (Lipinski definition) is 3. The summed E-state index contributed by atoms with van der Waals surface area (Å²) >= 11 is 5.03. The van der Waals surface area contributed by atoms with E-state index < -0.39 is 0 Å². The maximum atomic E-state index is 5.70. The fourth-order valence-corrected chi connectivity index (χ4v) is 2.00. The molecule has 0 aliphatic carbocycles. The molecule has 1 aromatic heterocycles. The molecule has 0 saturated carbocycles. The Labute approximate surface area is 112 Å². The number of anilines is 2. The van der Waals surface area contributed by atoms with Gasteiger partial charge in [0.2, 0.25) is 0 Å². The molecule has 0 saturated heterocycles. The molecule has 0 radical (unpaired) electrons. The summed E-state index contributed by atoms with van der Waals surface area (Å²) in [6, 6.07) is 9.83. The predicted octanol–water partition coefficient (Wildman–Crippen LogP) is 3.08. The van der Waals surface area contributed by atoms with Crippen LogP contribution in [0.4, 0.5) is 11.5 Å². The predicted molar refractivity (Wildman–Crippen MR) is 79.3 cm³/mol. The Kier molecular flexibility index (Phi) is 3.58. The van der Waals surface area contributed by atoms with Crippen molar-refractivity contribution in [2.75, 3.05) is 5.32 Å². The smallest absolute Gasteiger partial charge is 0.140 e. The van der Waals surface area contributed by atoms with Crippen LogP contribution in [0.1, 0.15) is 16.7 Å². The summed E-state index contributed by atoms with van der Waals surface area (Å²) in [6.45, 7) is 4.11. The van der Waals surface area contributed by atoms with Crippen molar-refractivity contribution in [2.24, 2.45) is 5.73 Å². The minimum Gasteiger partial charge on any atom is -0.389 e. The summed E-state index contributed by atoms with van der Waals surface area (Å²) in [7, 11) is 0. The van der Waals surface area contributed by atoms with Crippen molar-refractivity contribution < 1.29 is 0 Å². The lowest BCUT2D eigenvalue weighted by Crippen LogP contribution is -2.13. The first-order valence-corrected chi connectivity index (χ1v) is 6.08. The topological polar surface area (TPSA) is 50.9 Å². The van der Waals surface area contributed by atoms with E-state index >= 15 is 0 Å². The van der Waals surface area contributed by atoms with E-state index in [1.807, 2.05) is 18.2 Å². The second kappa shape index (κ2) is 5.14. The van der Waals surface area contributed by atoms with Gasteiger partial charge in [-0.1, -0.05) is 30.4 Å². The lowest BCUT2D eigenvalue weighted by Gasteiger charge is -2.14. The highest BCUT2D eigenvalue weighted by molar-refractivity contribution is 7.80. The quantitative estimate of drug-likeness (QED) is 0.830. The van der Waals surface area contributed by atoms with Crippen molar-refractivity contribution in [2.45, 2.75) is 13.8 Å². The minimum absolute atomic E-state index is 0.344. The van der Waals surface area contributed by atoms with Crippen LogP contribution in [-0.2, 0) is 0 Å². The number of rotatable bonds is 3. The molecular weight excluding hydrogens is 242 g/mol. The van der Waals surface area contributed by atoms with Gasteiger partial charge in [-0.3, -0.25) is 0 Å². The van der Waals surface area contributed by atoms with E-state index in [2.05, 4.69) is 36.3 Å². The maximum absolute atomic E-state index is 5.70. The van der Waals surface area contributed by atoms with E-state index in [0.29, 0.717) is 10.8 Å². The van der Waals surface area contributed by atoms with Gasteiger partial charge >= 0.3 is 0 Å². The lowest BCUT2D eigenvalue weighted by molar-refractivity contribution is 1.27. The second-order valence-electron chi connectivity index (χ2n) is 4.16. The Morgan fingerprint density at radius 1 is 1.17 bits per heavy atom. The number of nitrogens with two attached hydrogens (primary N) is 1. The molecule has 2 aromatic rings. The minimum atomic E-state index is 0.344. The number of aryl methyl sites for hydroxylation is 2. The molecule has 0 atom stereocenters. The average Bonchev–Trinajstić information content (AvgIpc) is 2.34. The molecule has 0 aliphatic rings. The molecule has 1 heterocycles. The third-order valence-corrected chi connectivity index (χ3v) is 3.02. The molecule has 2 rings (SSSR count). The standard InChI is InChI=1S/C14H15N3S/c1-9-5-3-6-10(2)12(9)17-14-11(13(15)18)7-4-8-16-14/h3-8H,1-2H3,(H2,15,18)(H,16,17). The molecule has 0 fully saturated rings. The Morgan fingerprint density at radius 3 is 2.44 bits per heavy atom. The van der Waals surface area contributed by atoms with Crippen LogP contribution in [0, 0.1) is 13.8 Å². The van der Waals surface area contributed by atoms with Crippen LogP contribution in [0.25, 0.3) is 0 Å². The van der Waals surface area contributed by atoms with Gasteiger partial charge in [-0.25, -0.2) is 4.98 Å². The van der Waals surface area contributed by atoms with Gasteiger partial charge in [0.05, 0.1) is 5.56 Å². The van der Waals surface area contributed by atoms with Gasteiger partial charge in [-0.15, -0.1) is 0 Å². The van der Waals surface area contributed by atoms with Crippen LogP contribution in [0.3, 0.4) is 0 Å². The first kappa shape index (κ1) is 12.5. The van der Waals surface area contributed by atoms with E-state index in [4.69, 9.17) is 18.0 Å². The third-order valence-electron chi connectivity index (χ3n) is 2.80. The zero-order valence-electron chi connectivity index (χ0n) is 10.4. The molecule has 3 N–H and O–H groups in total. The molecule has 0 aliphatic heterocycles. The van der Waals surface area contributed by atoms with Crippen molar-refractivity contribution in [1.29, 1.82) is 0 Å². The maximum Gasteiger partial charge on any atom is 0.140 e. The van der Waals surface area contributed by atoms with Gasteiger partial charge in [-0.05, 0) is 37.1 Å². The van der Waals surface area contributed by atoms with Crippen molar-refractivity contribution in [3.05, 3.63) is 53.2 Å². The van der Waals surface area contributed by atoms with Crippen LogP contribution < -0.4 is 11.1 Å². The monoisotopic (exact) mass is 257 g/mol. The molecule has 0 amide bonds. The molecule has 0 unspecified atom stereocenters. The van der Waals surface area contributed by atoms with Gasteiger partial charge in [0.25, 0.3) is 0 Å². The molecule has 4 heteroatoms. The molecule has 3 nitrogen and oxygen atoms in total. The number of aromatic nitrogens is 1. The largest absolute Gasteiger partial charge is 0.389 e. The summed E-state index contributed by atoms with van der Waals surface area (Å²) < 4.78 is 0. The van der Waals surface area contributed by atoms with Crippen molar-refractivity contribution >= 4 is 28.7 Å². The zero-order chi connectivity index (χ0) is 13.1. The number of pyridine rings is 1. The van der Waals surface area contributed by atoms with E-state index in [0.717, 1.165) is 22.4 Å². The Hall–Kier alpha value is -1.94. The number of nitrogens with one attached hydrogen (secondary N) is 1. The van der Waals surface area contributed by atoms with Crippen LogP contribution in [0.2, 0.25) is 0 Å². The highest BCUT2D eigenvalue weighted by atomic mass is 32.1. The zero-order valence-corrected chi connectivity index (χ0v) is 11.2. The second-order valence-corrected chi connectivity index (χ2v) is 4.60. The number of thiocarbonyl (C=S) groups is 1. The summed E-state index contributed by atoms with van der Waals surface area (Å²) in [6.07, 6.45) is 1.72. The number of hydrogen-bond donors (Lipinski definition) is 2. The summed E-state index contributed by atoms with van der Waals surface area (Å²) in [5, 5.41) is 3.31. The number of benzene rings is 1. The van der Waals surface area contributed by atoms with Gasteiger partial charge in [0, 0.05) is 11.9 Å². The van der Waals surface area contributed by atoms with E-state index in [1.54, 1.807) is 6.20 Å². The van der Waals surface area contributed by atoms with Crippen LogP contribution >= 0.6 is 12.2 Å². The molecule has 1 aromatic carbocycles. The SMILES string of the molecule is Cc1cccc(C)c1Nc1ncccc1C(N)=S. The molecule has 18 heavy (non-hydrogen) atoms. The molecule has 0 bridgehead atoms. The van der Waals surface area contributed by atoms with Crippen molar-refractivity contribution in [3.8, 4) is 0 Å². The number of para-hydroxylation sites is 1. The van der Waals surface area contributed by atoms with Crippen LogP contribution in [0.15, 0.2) is 36.5 Å². The Balaban J connectivity index is 2.43.